The third-order valence-electron chi connectivity index (χ3n) is 5.08. The van der Waals surface area contributed by atoms with Gasteiger partial charge < -0.3 is 19.1 Å². The molecule has 1 heterocycles. The van der Waals surface area contributed by atoms with Crippen molar-refractivity contribution in [2.24, 2.45) is 0 Å². The van der Waals surface area contributed by atoms with Gasteiger partial charge in [0.25, 0.3) is 0 Å². The summed E-state index contributed by atoms with van der Waals surface area (Å²) in [7, 11) is 0. The van der Waals surface area contributed by atoms with Crippen LogP contribution >= 0.6 is 11.6 Å². The maximum absolute atomic E-state index is 13.2. The highest BCUT2D eigenvalue weighted by Crippen LogP contribution is 2.38. The molecule has 8 heteroatoms. The second-order valence-electron chi connectivity index (χ2n) is 7.53. The number of carboxylic acid groups (broad SMARTS) is 1. The van der Waals surface area contributed by atoms with E-state index in [0.717, 1.165) is 24.0 Å². The fourth-order valence-electron chi connectivity index (χ4n) is 3.44. The van der Waals surface area contributed by atoms with E-state index in [4.69, 9.17) is 30.7 Å². The minimum absolute atomic E-state index is 0.232. The highest BCUT2D eigenvalue weighted by Gasteiger charge is 2.20. The first kappa shape index (κ1) is 22.6. The minimum atomic E-state index is -1.10. The quantitative estimate of drug-likeness (QED) is 0.303. The van der Waals surface area contributed by atoms with E-state index < -0.39 is 12.1 Å². The molecular formula is C25H21ClFNO5. The molecule has 0 bridgehead atoms. The number of aromatic nitrogens is 1. The van der Waals surface area contributed by atoms with Gasteiger partial charge in [0, 0.05) is 11.6 Å². The largest absolute Gasteiger partial charge is 0.479 e. The smallest absolute Gasteiger partial charge is 0.344 e. The SMILES string of the molecule is CCCc1cc(Oc2ccc(F)cc2)ccc1-c1noc2cc(Cl)c(O[C@@H](C)C(=O)O)cc12. The van der Waals surface area contributed by atoms with Crippen LogP contribution in [0.5, 0.6) is 17.2 Å². The van der Waals surface area contributed by atoms with Crippen molar-refractivity contribution < 1.29 is 28.3 Å². The molecule has 0 fully saturated rings. The number of rotatable bonds is 8. The normalized spacial score (nSPS) is 12.0. The first-order valence-electron chi connectivity index (χ1n) is 10.4. The van der Waals surface area contributed by atoms with E-state index in [9.17, 15) is 9.18 Å². The number of nitrogens with zero attached hydrogens (tertiary/aromatic N) is 1. The third-order valence-corrected chi connectivity index (χ3v) is 5.37. The Morgan fingerprint density at radius 2 is 1.88 bits per heavy atom. The highest BCUT2D eigenvalue weighted by molar-refractivity contribution is 6.32. The average Bonchev–Trinajstić information content (AvgIpc) is 3.18. The molecule has 1 aromatic heterocycles. The van der Waals surface area contributed by atoms with Gasteiger partial charge in [0.1, 0.15) is 28.8 Å². The fourth-order valence-corrected chi connectivity index (χ4v) is 3.64. The van der Waals surface area contributed by atoms with Crippen LogP contribution < -0.4 is 9.47 Å². The van der Waals surface area contributed by atoms with Crippen molar-refractivity contribution in [1.82, 2.24) is 5.16 Å². The lowest BCUT2D eigenvalue weighted by atomic mass is 9.98. The van der Waals surface area contributed by atoms with E-state index >= 15 is 0 Å². The lowest BCUT2D eigenvalue weighted by molar-refractivity contribution is -0.144. The van der Waals surface area contributed by atoms with E-state index in [0.29, 0.717) is 28.2 Å². The molecule has 0 aliphatic heterocycles. The number of aliphatic carboxylic acids is 1. The Morgan fingerprint density at radius 1 is 1.15 bits per heavy atom. The zero-order chi connectivity index (χ0) is 23.5. The summed E-state index contributed by atoms with van der Waals surface area (Å²) in [5.41, 5.74) is 2.89. The van der Waals surface area contributed by atoms with Crippen LogP contribution in [0.15, 0.2) is 59.1 Å². The Kier molecular flexibility index (Phi) is 6.51. The van der Waals surface area contributed by atoms with Crippen molar-refractivity contribution >= 4 is 28.5 Å². The molecule has 0 spiro atoms. The molecule has 0 aliphatic carbocycles. The standard InChI is InChI=1S/C25H21ClFNO5/c1-3-4-15-11-18(32-17-7-5-16(27)6-8-17)9-10-19(15)24-20-12-23(31-14(2)25(29)30)21(26)13-22(20)33-28-24/h5-14H,3-4H2,1-2H3,(H,29,30)/t14-/m0/s1. The number of aryl methyl sites for hydroxylation is 1. The lowest BCUT2D eigenvalue weighted by Gasteiger charge is -2.13. The van der Waals surface area contributed by atoms with Crippen LogP contribution in [-0.4, -0.2) is 22.3 Å². The molecule has 33 heavy (non-hydrogen) atoms. The van der Waals surface area contributed by atoms with Gasteiger partial charge in [0.05, 0.1) is 10.4 Å². The summed E-state index contributed by atoms with van der Waals surface area (Å²) in [5, 5.41) is 14.3. The van der Waals surface area contributed by atoms with Gasteiger partial charge in [-0.3, -0.25) is 0 Å². The highest BCUT2D eigenvalue weighted by atomic mass is 35.5. The molecule has 170 valence electrons. The topological polar surface area (TPSA) is 81.8 Å². The van der Waals surface area contributed by atoms with Crippen molar-refractivity contribution in [2.75, 3.05) is 0 Å². The molecule has 0 saturated carbocycles. The Bertz CT molecular complexity index is 1300. The van der Waals surface area contributed by atoms with Gasteiger partial charge in [-0.2, -0.15) is 0 Å². The molecule has 4 aromatic rings. The molecule has 4 rings (SSSR count). The van der Waals surface area contributed by atoms with E-state index in [1.165, 1.54) is 19.1 Å². The number of carboxylic acids is 1. The Morgan fingerprint density at radius 3 is 2.58 bits per heavy atom. The monoisotopic (exact) mass is 469 g/mol. The number of hydrogen-bond acceptors (Lipinski definition) is 5. The van der Waals surface area contributed by atoms with Gasteiger partial charge >= 0.3 is 5.97 Å². The van der Waals surface area contributed by atoms with Crippen LogP contribution in [0.25, 0.3) is 22.2 Å². The maximum Gasteiger partial charge on any atom is 0.344 e. The minimum Gasteiger partial charge on any atom is -0.479 e. The van der Waals surface area contributed by atoms with Gasteiger partial charge in [0.15, 0.2) is 11.7 Å². The van der Waals surface area contributed by atoms with E-state index in [1.807, 2.05) is 12.1 Å². The summed E-state index contributed by atoms with van der Waals surface area (Å²) < 4.78 is 30.0. The van der Waals surface area contributed by atoms with Gasteiger partial charge in [0.2, 0.25) is 0 Å². The molecule has 0 amide bonds. The molecule has 0 unspecified atom stereocenters. The second-order valence-corrected chi connectivity index (χ2v) is 7.94. The van der Waals surface area contributed by atoms with Crippen LogP contribution in [-0.2, 0) is 11.2 Å². The molecule has 1 N–H and O–H groups in total. The Hall–Kier alpha value is -3.58. The predicted octanol–water partition coefficient (Wildman–Crippen LogP) is 6.88. The Balaban J connectivity index is 1.73. The van der Waals surface area contributed by atoms with Gasteiger partial charge in [-0.25, -0.2) is 9.18 Å². The predicted molar refractivity (Wildman–Crippen MR) is 123 cm³/mol. The second kappa shape index (κ2) is 9.50. The van der Waals surface area contributed by atoms with E-state index in [1.54, 1.807) is 30.3 Å². The van der Waals surface area contributed by atoms with E-state index in [-0.39, 0.29) is 16.6 Å². The molecular weight excluding hydrogens is 449 g/mol. The van der Waals surface area contributed by atoms with Crippen molar-refractivity contribution in [3.63, 3.8) is 0 Å². The number of ether oxygens (including phenoxy) is 2. The van der Waals surface area contributed by atoms with Crippen LogP contribution in [0.1, 0.15) is 25.8 Å². The van der Waals surface area contributed by atoms with Crippen LogP contribution in [0.2, 0.25) is 5.02 Å². The van der Waals surface area contributed by atoms with Gasteiger partial charge in [-0.1, -0.05) is 30.1 Å². The van der Waals surface area contributed by atoms with Crippen molar-refractivity contribution in [3.8, 4) is 28.5 Å². The lowest BCUT2D eigenvalue weighted by Crippen LogP contribution is -2.22. The van der Waals surface area contributed by atoms with Crippen LogP contribution in [0.3, 0.4) is 0 Å². The molecule has 0 saturated heterocycles. The number of fused-ring (bicyclic) bond motifs is 1. The first-order chi connectivity index (χ1) is 15.9. The van der Waals surface area contributed by atoms with Gasteiger partial charge in [-0.05, 0) is 67.4 Å². The molecule has 6 nitrogen and oxygen atoms in total. The maximum atomic E-state index is 13.2. The van der Waals surface area contributed by atoms with Crippen LogP contribution in [0, 0.1) is 5.82 Å². The third kappa shape index (κ3) is 4.93. The number of carbonyl (C=O) groups is 1. The summed E-state index contributed by atoms with van der Waals surface area (Å²) >= 11 is 6.25. The van der Waals surface area contributed by atoms with Crippen molar-refractivity contribution in [3.05, 3.63) is 71.0 Å². The number of halogens is 2. The summed E-state index contributed by atoms with van der Waals surface area (Å²) in [5.74, 6) is -0.0505. The van der Waals surface area contributed by atoms with Crippen molar-refractivity contribution in [2.45, 2.75) is 32.8 Å². The molecule has 0 aliphatic rings. The van der Waals surface area contributed by atoms with Crippen LogP contribution in [0.4, 0.5) is 4.39 Å². The first-order valence-corrected chi connectivity index (χ1v) is 10.8. The van der Waals surface area contributed by atoms with Crippen molar-refractivity contribution in [1.29, 1.82) is 0 Å². The summed E-state index contributed by atoms with van der Waals surface area (Å²) in [6.45, 7) is 3.49. The fraction of sp³-hybridized carbons (Fsp3) is 0.200. The summed E-state index contributed by atoms with van der Waals surface area (Å²) in [6, 6.07) is 14.6. The van der Waals surface area contributed by atoms with Gasteiger partial charge in [-0.15, -0.1) is 0 Å². The van der Waals surface area contributed by atoms with E-state index in [2.05, 4.69) is 12.1 Å². The molecule has 3 aromatic carbocycles. The summed E-state index contributed by atoms with van der Waals surface area (Å²) in [4.78, 5) is 11.2. The summed E-state index contributed by atoms with van der Waals surface area (Å²) in [6.07, 6.45) is 0.581. The average molecular weight is 470 g/mol. The number of benzene rings is 3. The Labute approximate surface area is 194 Å². The zero-order valence-electron chi connectivity index (χ0n) is 18.0. The molecule has 0 radical (unpaired) electrons. The zero-order valence-corrected chi connectivity index (χ0v) is 18.7. The number of hydrogen-bond donors (Lipinski definition) is 1. The molecule has 1 atom stereocenters.